The highest BCUT2D eigenvalue weighted by Gasteiger charge is 2.27. The number of benzene rings is 1. The Morgan fingerprint density at radius 2 is 2.00 bits per heavy atom. The molecule has 0 radical (unpaired) electrons. The summed E-state index contributed by atoms with van der Waals surface area (Å²) in [5, 5.41) is 0.298. The molecule has 32 heavy (non-hydrogen) atoms. The van der Waals surface area contributed by atoms with Crippen molar-refractivity contribution in [3.8, 4) is 0 Å². The SMILES string of the molecule is NC(=O)c1c(CCC(=O)Cc2ccc(Cl)cc2F)sc2c1CCN(Cc1ccncc1)C2. The summed E-state index contributed by atoms with van der Waals surface area (Å²) in [7, 11) is 0. The summed E-state index contributed by atoms with van der Waals surface area (Å²) in [4.78, 5) is 33.0. The monoisotopic (exact) mass is 471 g/mol. The number of aromatic nitrogens is 1. The van der Waals surface area contributed by atoms with E-state index in [4.69, 9.17) is 17.3 Å². The van der Waals surface area contributed by atoms with Gasteiger partial charge >= 0.3 is 0 Å². The van der Waals surface area contributed by atoms with Gasteiger partial charge in [-0.25, -0.2) is 4.39 Å². The third kappa shape index (κ3) is 5.23. The van der Waals surface area contributed by atoms with Crippen molar-refractivity contribution in [2.75, 3.05) is 6.54 Å². The van der Waals surface area contributed by atoms with E-state index in [0.29, 0.717) is 22.6 Å². The van der Waals surface area contributed by atoms with Gasteiger partial charge in [0.2, 0.25) is 5.91 Å². The molecule has 8 heteroatoms. The fourth-order valence-electron chi connectivity index (χ4n) is 4.08. The maximum atomic E-state index is 14.0. The van der Waals surface area contributed by atoms with Gasteiger partial charge < -0.3 is 5.73 Å². The number of rotatable bonds is 8. The van der Waals surface area contributed by atoms with Crippen LogP contribution in [0.5, 0.6) is 0 Å². The highest BCUT2D eigenvalue weighted by molar-refractivity contribution is 7.12. The molecule has 1 aromatic carbocycles. The fraction of sp³-hybridized carbons (Fsp3) is 0.292. The van der Waals surface area contributed by atoms with Crippen molar-refractivity contribution in [3.63, 3.8) is 0 Å². The fourth-order valence-corrected chi connectivity index (χ4v) is 5.64. The Bertz CT molecular complexity index is 1150. The van der Waals surface area contributed by atoms with E-state index in [9.17, 15) is 14.0 Å². The number of hydrogen-bond acceptors (Lipinski definition) is 5. The first-order valence-electron chi connectivity index (χ1n) is 10.4. The number of nitrogens with two attached hydrogens (primary N) is 1. The second kappa shape index (κ2) is 9.90. The number of ketones is 1. The molecule has 5 nitrogen and oxygen atoms in total. The van der Waals surface area contributed by atoms with E-state index in [0.717, 1.165) is 41.4 Å². The Kier molecular flexibility index (Phi) is 6.98. The number of carbonyl (C=O) groups excluding carboxylic acids is 2. The lowest BCUT2D eigenvalue weighted by Gasteiger charge is -2.27. The van der Waals surface area contributed by atoms with Crippen molar-refractivity contribution in [3.05, 3.63) is 85.6 Å². The zero-order chi connectivity index (χ0) is 22.7. The number of halogens is 2. The molecule has 0 spiro atoms. The Balaban J connectivity index is 1.44. The van der Waals surface area contributed by atoms with Crippen LogP contribution in [0.1, 0.15) is 43.2 Å². The second-order valence-electron chi connectivity index (χ2n) is 7.93. The molecule has 0 saturated heterocycles. The third-order valence-corrected chi connectivity index (χ3v) is 7.16. The van der Waals surface area contributed by atoms with Gasteiger partial charge in [0.25, 0.3) is 0 Å². The number of primary amides is 1. The number of carbonyl (C=O) groups is 2. The first kappa shape index (κ1) is 22.6. The van der Waals surface area contributed by atoms with E-state index >= 15 is 0 Å². The summed E-state index contributed by atoms with van der Waals surface area (Å²) in [6, 6.07) is 8.31. The van der Waals surface area contributed by atoms with Crippen LogP contribution < -0.4 is 5.73 Å². The van der Waals surface area contributed by atoms with Crippen LogP contribution in [-0.4, -0.2) is 28.1 Å². The predicted molar refractivity (Wildman–Crippen MR) is 123 cm³/mol. The van der Waals surface area contributed by atoms with Crippen LogP contribution >= 0.6 is 22.9 Å². The summed E-state index contributed by atoms with van der Waals surface area (Å²) < 4.78 is 14.0. The molecule has 3 aromatic rings. The number of amides is 1. The summed E-state index contributed by atoms with van der Waals surface area (Å²) in [6.07, 6.45) is 4.97. The molecule has 1 amide bonds. The van der Waals surface area contributed by atoms with E-state index in [1.807, 2.05) is 12.1 Å². The zero-order valence-electron chi connectivity index (χ0n) is 17.4. The minimum atomic E-state index is -0.482. The molecule has 1 aliphatic rings. The van der Waals surface area contributed by atoms with Gasteiger partial charge in [0.05, 0.1) is 5.56 Å². The molecule has 0 bridgehead atoms. The van der Waals surface area contributed by atoms with Crippen LogP contribution in [0.2, 0.25) is 5.02 Å². The third-order valence-electron chi connectivity index (χ3n) is 5.64. The van der Waals surface area contributed by atoms with Gasteiger partial charge in [-0.05, 0) is 53.8 Å². The summed E-state index contributed by atoms with van der Waals surface area (Å²) in [5.74, 6) is -1.02. The van der Waals surface area contributed by atoms with Gasteiger partial charge in [-0.1, -0.05) is 17.7 Å². The first-order chi connectivity index (χ1) is 15.4. The van der Waals surface area contributed by atoms with E-state index in [1.165, 1.54) is 17.7 Å². The Hall–Kier alpha value is -2.61. The van der Waals surface area contributed by atoms with Crippen LogP contribution in [0.3, 0.4) is 0 Å². The molecule has 0 fully saturated rings. The van der Waals surface area contributed by atoms with E-state index in [2.05, 4.69) is 9.88 Å². The second-order valence-corrected chi connectivity index (χ2v) is 9.56. The van der Waals surface area contributed by atoms with Crippen LogP contribution in [0.15, 0.2) is 42.7 Å². The predicted octanol–water partition coefficient (Wildman–Crippen LogP) is 4.34. The molecule has 0 saturated carbocycles. The highest BCUT2D eigenvalue weighted by atomic mass is 35.5. The van der Waals surface area contributed by atoms with Crippen molar-refractivity contribution in [2.24, 2.45) is 5.73 Å². The molecule has 3 heterocycles. The van der Waals surface area contributed by atoms with Crippen LogP contribution in [0.25, 0.3) is 0 Å². The highest BCUT2D eigenvalue weighted by Crippen LogP contribution is 2.34. The maximum Gasteiger partial charge on any atom is 0.250 e. The van der Waals surface area contributed by atoms with Crippen LogP contribution in [0, 0.1) is 5.82 Å². The summed E-state index contributed by atoms with van der Waals surface area (Å²) in [5.41, 5.74) is 8.80. The van der Waals surface area contributed by atoms with Crippen molar-refractivity contribution < 1.29 is 14.0 Å². The van der Waals surface area contributed by atoms with Gasteiger partial charge in [0.1, 0.15) is 11.6 Å². The van der Waals surface area contributed by atoms with Gasteiger partial charge in [-0.3, -0.25) is 19.5 Å². The van der Waals surface area contributed by atoms with Crippen molar-refractivity contribution in [1.29, 1.82) is 0 Å². The molecule has 2 N–H and O–H groups in total. The molecule has 2 aromatic heterocycles. The maximum absolute atomic E-state index is 14.0. The first-order valence-corrected chi connectivity index (χ1v) is 11.6. The summed E-state index contributed by atoms with van der Waals surface area (Å²) in [6.45, 7) is 2.39. The number of fused-ring (bicyclic) bond motifs is 1. The minimum Gasteiger partial charge on any atom is -0.366 e. The molecular weight excluding hydrogens is 449 g/mol. The number of pyridine rings is 1. The number of Topliss-reactive ketones (excluding diaryl/α,β-unsaturated/α-hetero) is 1. The average molecular weight is 472 g/mol. The average Bonchev–Trinajstić information content (AvgIpc) is 3.13. The molecule has 0 aliphatic carbocycles. The standard InChI is InChI=1S/C24H23ClFN3O2S/c25-17-2-1-16(20(26)12-17)11-18(30)3-4-21-23(24(27)31)19-7-10-29(14-22(19)32-21)13-15-5-8-28-9-6-15/h1-2,5-6,8-9,12H,3-4,7,10-11,13-14H2,(H2,27,31). The van der Waals surface area contributed by atoms with E-state index in [1.54, 1.807) is 29.8 Å². The van der Waals surface area contributed by atoms with Crippen molar-refractivity contribution in [2.45, 2.75) is 38.8 Å². The van der Waals surface area contributed by atoms with Gasteiger partial charge in [0.15, 0.2) is 0 Å². The summed E-state index contributed by atoms with van der Waals surface area (Å²) >= 11 is 7.33. The molecule has 166 valence electrons. The molecular formula is C24H23ClFN3O2S. The lowest BCUT2D eigenvalue weighted by Crippen LogP contribution is -2.30. The lowest BCUT2D eigenvalue weighted by molar-refractivity contribution is -0.118. The van der Waals surface area contributed by atoms with E-state index in [-0.39, 0.29) is 18.6 Å². The number of thiophene rings is 1. The van der Waals surface area contributed by atoms with Gasteiger partial charge in [0, 0.05) is 59.6 Å². The van der Waals surface area contributed by atoms with E-state index < -0.39 is 11.7 Å². The number of hydrogen-bond donors (Lipinski definition) is 1. The number of nitrogens with zero attached hydrogens (tertiary/aromatic N) is 2. The minimum absolute atomic E-state index is 0.000291. The lowest BCUT2D eigenvalue weighted by atomic mass is 9.98. The van der Waals surface area contributed by atoms with Crippen molar-refractivity contribution >= 4 is 34.6 Å². The molecule has 0 unspecified atom stereocenters. The Labute approximate surface area is 195 Å². The largest absolute Gasteiger partial charge is 0.366 e. The Morgan fingerprint density at radius 3 is 2.72 bits per heavy atom. The Morgan fingerprint density at radius 1 is 1.22 bits per heavy atom. The molecule has 4 rings (SSSR count). The smallest absolute Gasteiger partial charge is 0.250 e. The van der Waals surface area contributed by atoms with Crippen LogP contribution in [-0.2, 0) is 37.1 Å². The normalized spacial score (nSPS) is 13.7. The van der Waals surface area contributed by atoms with Gasteiger partial charge in [-0.15, -0.1) is 11.3 Å². The van der Waals surface area contributed by atoms with Crippen LogP contribution in [0.4, 0.5) is 4.39 Å². The van der Waals surface area contributed by atoms with Gasteiger partial charge in [-0.2, -0.15) is 0 Å². The molecule has 0 atom stereocenters. The van der Waals surface area contributed by atoms with Crippen molar-refractivity contribution in [1.82, 2.24) is 9.88 Å². The zero-order valence-corrected chi connectivity index (χ0v) is 19.0. The topological polar surface area (TPSA) is 76.3 Å². The quantitative estimate of drug-likeness (QED) is 0.530. The molecule has 1 aliphatic heterocycles. The number of aryl methyl sites for hydroxylation is 1.